The summed E-state index contributed by atoms with van der Waals surface area (Å²) in [7, 11) is 0. The van der Waals surface area contributed by atoms with Crippen molar-refractivity contribution in [1.82, 2.24) is 0 Å². The zero-order valence-corrected chi connectivity index (χ0v) is 6.41. The Hall–Kier alpha value is -1.36. The van der Waals surface area contributed by atoms with Crippen LogP contribution in [0.3, 0.4) is 0 Å². The molecule has 0 aromatic heterocycles. The molecule has 0 heterocycles. The van der Waals surface area contributed by atoms with E-state index in [1.54, 1.807) is 0 Å². The maximum absolute atomic E-state index is 10.2. The van der Waals surface area contributed by atoms with Crippen molar-refractivity contribution in [1.29, 1.82) is 0 Å². The standard InChI is InChI=1S/C6H5ClO5/c7-3(5(9)10)1-2-4(8)6(11)12/h1-3H,(H,9,10)(H,11,12)/p-2/b2-1+. The van der Waals surface area contributed by atoms with Gasteiger partial charge in [-0.3, -0.25) is 4.79 Å². The van der Waals surface area contributed by atoms with Crippen molar-refractivity contribution < 1.29 is 24.6 Å². The molecule has 1 atom stereocenters. The molecule has 66 valence electrons. The van der Waals surface area contributed by atoms with Crippen molar-refractivity contribution in [3.8, 4) is 0 Å². The van der Waals surface area contributed by atoms with Gasteiger partial charge in [0.05, 0.1) is 11.3 Å². The van der Waals surface area contributed by atoms with E-state index < -0.39 is 23.1 Å². The topological polar surface area (TPSA) is 97.3 Å². The second-order valence-corrected chi connectivity index (χ2v) is 2.20. The van der Waals surface area contributed by atoms with Gasteiger partial charge in [0.15, 0.2) is 0 Å². The number of rotatable bonds is 4. The van der Waals surface area contributed by atoms with Crippen LogP contribution in [0.5, 0.6) is 0 Å². The molecule has 0 radical (unpaired) electrons. The fourth-order valence-electron chi connectivity index (χ4n) is 0.318. The van der Waals surface area contributed by atoms with Gasteiger partial charge in [-0.1, -0.05) is 6.08 Å². The fraction of sp³-hybridized carbons (Fsp3) is 0.167. The molecule has 12 heavy (non-hydrogen) atoms. The van der Waals surface area contributed by atoms with E-state index in [-0.39, 0.29) is 0 Å². The molecule has 0 aliphatic rings. The van der Waals surface area contributed by atoms with E-state index in [9.17, 15) is 24.6 Å². The number of halogens is 1. The number of carboxylic acids is 2. The number of ketones is 1. The zero-order chi connectivity index (χ0) is 9.72. The highest BCUT2D eigenvalue weighted by Gasteiger charge is 2.01. The Kier molecular flexibility index (Phi) is 3.99. The number of carboxylic acid groups (broad SMARTS) is 2. The lowest BCUT2D eigenvalue weighted by Crippen LogP contribution is -2.32. The van der Waals surface area contributed by atoms with Gasteiger partial charge in [-0.2, -0.15) is 0 Å². The maximum Gasteiger partial charge on any atom is 0.200 e. The summed E-state index contributed by atoms with van der Waals surface area (Å²) in [5.41, 5.74) is 0. The Morgan fingerprint density at radius 2 is 1.75 bits per heavy atom. The molecule has 0 aromatic rings. The first-order valence-corrected chi connectivity index (χ1v) is 3.17. The van der Waals surface area contributed by atoms with Crippen molar-refractivity contribution in [2.24, 2.45) is 0 Å². The molecule has 6 heteroatoms. The quantitative estimate of drug-likeness (QED) is 0.271. The smallest absolute Gasteiger partial charge is 0.200 e. The van der Waals surface area contributed by atoms with Crippen LogP contribution in [0.1, 0.15) is 0 Å². The summed E-state index contributed by atoms with van der Waals surface area (Å²) >= 11 is 5.05. The van der Waals surface area contributed by atoms with Crippen LogP contribution in [0.25, 0.3) is 0 Å². The molecule has 0 rings (SSSR count). The summed E-state index contributed by atoms with van der Waals surface area (Å²) in [6, 6.07) is 0. The van der Waals surface area contributed by atoms with Crippen LogP contribution in [-0.2, 0) is 14.4 Å². The molecular formula is C6H3ClO5-2. The zero-order valence-electron chi connectivity index (χ0n) is 5.65. The van der Waals surface area contributed by atoms with Gasteiger partial charge in [-0.15, -0.1) is 11.6 Å². The Balaban J connectivity index is 4.16. The number of carbonyl (C=O) groups excluding carboxylic acids is 3. The lowest BCUT2D eigenvalue weighted by Gasteiger charge is -2.03. The van der Waals surface area contributed by atoms with Crippen LogP contribution in [-0.4, -0.2) is 23.1 Å². The van der Waals surface area contributed by atoms with Gasteiger partial charge in [0, 0.05) is 0 Å². The lowest BCUT2D eigenvalue weighted by atomic mass is 10.3. The van der Waals surface area contributed by atoms with Crippen LogP contribution in [0, 0.1) is 0 Å². The van der Waals surface area contributed by atoms with Crippen LogP contribution in [0.15, 0.2) is 12.2 Å². The minimum Gasteiger partial charge on any atom is -0.548 e. The minimum absolute atomic E-state index is 0.503. The van der Waals surface area contributed by atoms with Crippen LogP contribution >= 0.6 is 11.6 Å². The molecule has 0 aliphatic carbocycles. The van der Waals surface area contributed by atoms with Crippen molar-refractivity contribution >= 4 is 29.3 Å². The molecule has 0 aromatic carbocycles. The molecular weight excluding hydrogens is 188 g/mol. The molecule has 0 amide bonds. The third-order valence-corrected chi connectivity index (χ3v) is 1.17. The summed E-state index contributed by atoms with van der Waals surface area (Å²) in [5, 5.41) is 18.2. The SMILES string of the molecule is O=C([O-])C(=O)/C=C/C(Cl)C(=O)[O-]. The van der Waals surface area contributed by atoms with E-state index in [1.807, 2.05) is 0 Å². The van der Waals surface area contributed by atoms with Crippen LogP contribution in [0.2, 0.25) is 0 Å². The first-order valence-electron chi connectivity index (χ1n) is 2.73. The highest BCUT2D eigenvalue weighted by molar-refractivity contribution is 6.37. The minimum atomic E-state index is -1.92. The Labute approximate surface area is 72.3 Å². The predicted molar refractivity (Wildman–Crippen MR) is 33.8 cm³/mol. The summed E-state index contributed by atoms with van der Waals surface area (Å²) in [4.78, 5) is 29.9. The summed E-state index contributed by atoms with van der Waals surface area (Å²) in [5.74, 6) is -4.88. The average Bonchev–Trinajstić information content (AvgIpc) is 1.98. The highest BCUT2D eigenvalue weighted by atomic mass is 35.5. The second kappa shape index (κ2) is 4.50. The third kappa shape index (κ3) is 3.72. The summed E-state index contributed by atoms with van der Waals surface area (Å²) < 4.78 is 0. The normalized spacial score (nSPS) is 12.8. The largest absolute Gasteiger partial charge is 0.548 e. The van der Waals surface area contributed by atoms with Gasteiger partial charge in [0.1, 0.15) is 5.97 Å². The van der Waals surface area contributed by atoms with Gasteiger partial charge in [0.2, 0.25) is 5.78 Å². The van der Waals surface area contributed by atoms with Gasteiger partial charge in [0.25, 0.3) is 0 Å². The fourth-order valence-corrected chi connectivity index (χ4v) is 0.391. The summed E-state index contributed by atoms with van der Waals surface area (Å²) in [6.45, 7) is 0. The predicted octanol–water partition coefficient (Wildman–Crippen LogP) is -2.78. The van der Waals surface area contributed by atoms with Gasteiger partial charge in [-0.05, 0) is 6.08 Å². The van der Waals surface area contributed by atoms with E-state index in [4.69, 9.17) is 11.6 Å². The Bertz CT molecular complexity index is 244. The first kappa shape index (κ1) is 10.6. The highest BCUT2D eigenvalue weighted by Crippen LogP contribution is 1.95. The van der Waals surface area contributed by atoms with Gasteiger partial charge < -0.3 is 19.8 Å². The van der Waals surface area contributed by atoms with E-state index in [0.717, 1.165) is 0 Å². The van der Waals surface area contributed by atoms with Crippen molar-refractivity contribution in [3.05, 3.63) is 12.2 Å². The van der Waals surface area contributed by atoms with Crippen molar-refractivity contribution in [2.45, 2.75) is 5.38 Å². The number of alkyl halides is 1. The number of aliphatic carboxylic acids is 2. The third-order valence-electron chi connectivity index (χ3n) is 0.843. The Morgan fingerprint density at radius 3 is 2.08 bits per heavy atom. The van der Waals surface area contributed by atoms with Gasteiger partial charge >= 0.3 is 0 Å². The second-order valence-electron chi connectivity index (χ2n) is 1.73. The average molecular weight is 191 g/mol. The number of carbonyl (C=O) groups is 3. The molecule has 0 fully saturated rings. The van der Waals surface area contributed by atoms with E-state index in [0.29, 0.717) is 12.2 Å². The van der Waals surface area contributed by atoms with E-state index in [2.05, 4.69) is 0 Å². The Morgan fingerprint density at radius 1 is 1.25 bits per heavy atom. The monoisotopic (exact) mass is 190 g/mol. The molecule has 1 unspecified atom stereocenters. The molecule has 0 saturated heterocycles. The van der Waals surface area contributed by atoms with Crippen molar-refractivity contribution in [3.63, 3.8) is 0 Å². The van der Waals surface area contributed by atoms with E-state index >= 15 is 0 Å². The van der Waals surface area contributed by atoms with Crippen LogP contribution in [0.4, 0.5) is 0 Å². The molecule has 0 aliphatic heterocycles. The molecule has 0 spiro atoms. The first-order chi connectivity index (χ1) is 5.45. The molecule has 0 saturated carbocycles. The lowest BCUT2D eigenvalue weighted by molar-refractivity contribution is -0.304. The van der Waals surface area contributed by atoms with Crippen LogP contribution < -0.4 is 10.2 Å². The molecule has 0 N–H and O–H groups in total. The van der Waals surface area contributed by atoms with Crippen molar-refractivity contribution in [2.75, 3.05) is 0 Å². The molecule has 0 bridgehead atoms. The van der Waals surface area contributed by atoms with E-state index in [1.165, 1.54) is 0 Å². The molecule has 5 nitrogen and oxygen atoms in total. The number of hydrogen-bond donors (Lipinski definition) is 0. The van der Waals surface area contributed by atoms with Gasteiger partial charge in [-0.25, -0.2) is 0 Å². The summed E-state index contributed by atoms with van der Waals surface area (Å²) in [6.07, 6.45) is 1.19. The number of hydrogen-bond acceptors (Lipinski definition) is 5. The maximum atomic E-state index is 10.2.